The summed E-state index contributed by atoms with van der Waals surface area (Å²) in [6.45, 7) is 4.34. The molecular formula is C22H28F5NO3. The number of hydrogen-bond donors (Lipinski definition) is 1. The Bertz CT molecular complexity index is 837. The van der Waals surface area contributed by atoms with Crippen molar-refractivity contribution < 1.29 is 36.2 Å². The molecule has 0 bridgehead atoms. The molecule has 0 heterocycles. The van der Waals surface area contributed by atoms with Gasteiger partial charge in [0.05, 0.1) is 29.3 Å². The van der Waals surface area contributed by atoms with Gasteiger partial charge in [0.1, 0.15) is 6.61 Å². The van der Waals surface area contributed by atoms with Crippen LogP contribution in [0.5, 0.6) is 0 Å². The highest BCUT2D eigenvalue weighted by molar-refractivity contribution is 5.78. The number of benzene rings is 1. The van der Waals surface area contributed by atoms with Gasteiger partial charge in [0.2, 0.25) is 0 Å². The summed E-state index contributed by atoms with van der Waals surface area (Å²) in [5.41, 5.74) is -2.09. The molecule has 1 aliphatic carbocycles. The monoisotopic (exact) mass is 449 g/mol. The Hall–Kier alpha value is -2.16. The van der Waals surface area contributed by atoms with Gasteiger partial charge in [-0.25, -0.2) is 13.2 Å². The number of unbranched alkanes of at least 4 members (excludes halogenated alkanes) is 2. The SMILES string of the molecule is CCCCCNc1c(F)c(COC)c(F)c(F)c1COC(=O)[C@@H]1[C@@H](C=C(F)F)C1(C)C. The average molecular weight is 449 g/mol. The van der Waals surface area contributed by atoms with E-state index in [4.69, 9.17) is 9.47 Å². The molecule has 31 heavy (non-hydrogen) atoms. The third-order valence-electron chi connectivity index (χ3n) is 5.71. The molecule has 0 unspecified atom stereocenters. The van der Waals surface area contributed by atoms with E-state index in [9.17, 15) is 26.7 Å². The van der Waals surface area contributed by atoms with Crippen molar-refractivity contribution in [1.29, 1.82) is 0 Å². The maximum Gasteiger partial charge on any atom is 0.310 e. The summed E-state index contributed by atoms with van der Waals surface area (Å²) in [4.78, 5) is 12.4. The lowest BCUT2D eigenvalue weighted by Gasteiger charge is -2.18. The van der Waals surface area contributed by atoms with Crippen LogP contribution in [0.15, 0.2) is 12.2 Å². The van der Waals surface area contributed by atoms with Gasteiger partial charge < -0.3 is 14.8 Å². The molecule has 1 N–H and O–H groups in total. The minimum absolute atomic E-state index is 0.295. The number of methoxy groups -OCH3 is 1. The van der Waals surface area contributed by atoms with Gasteiger partial charge in [-0.3, -0.25) is 4.79 Å². The molecule has 1 aromatic carbocycles. The molecule has 2 atom stereocenters. The van der Waals surface area contributed by atoms with Crippen molar-refractivity contribution in [3.05, 3.63) is 40.7 Å². The second kappa shape index (κ2) is 10.4. The van der Waals surface area contributed by atoms with Crippen LogP contribution in [0.2, 0.25) is 0 Å². The van der Waals surface area contributed by atoms with Crippen LogP contribution >= 0.6 is 0 Å². The van der Waals surface area contributed by atoms with Crippen LogP contribution < -0.4 is 5.32 Å². The summed E-state index contributed by atoms with van der Waals surface area (Å²) >= 11 is 0. The second-order valence-corrected chi connectivity index (χ2v) is 8.23. The summed E-state index contributed by atoms with van der Waals surface area (Å²) < 4.78 is 79.1. The second-order valence-electron chi connectivity index (χ2n) is 8.23. The number of allylic oxidation sites excluding steroid dienone is 1. The minimum Gasteiger partial charge on any atom is -0.460 e. The highest BCUT2D eigenvalue weighted by Gasteiger charge is 2.62. The molecule has 0 aliphatic heterocycles. The first kappa shape index (κ1) is 25.1. The maximum atomic E-state index is 14.9. The third-order valence-corrected chi connectivity index (χ3v) is 5.71. The Labute approximate surface area is 178 Å². The van der Waals surface area contributed by atoms with Crippen molar-refractivity contribution >= 4 is 11.7 Å². The Kier molecular flexibility index (Phi) is 8.45. The number of esters is 1. The Morgan fingerprint density at radius 1 is 1.06 bits per heavy atom. The van der Waals surface area contributed by atoms with E-state index in [0.717, 1.165) is 12.8 Å². The van der Waals surface area contributed by atoms with Crippen molar-refractivity contribution in [3.63, 3.8) is 0 Å². The standard InChI is InChI=1S/C22H28F5NO3/c1-5-6-7-8-28-20-13(18(26)17(25)12(10-30-4)19(20)27)11-31-21(29)16-14(9-15(23)24)22(16,2)3/h9,14,16,28H,5-8,10-11H2,1-4H3/t14-,16+/m1/s1. The summed E-state index contributed by atoms with van der Waals surface area (Å²) in [6.07, 6.45) is 1.22. The lowest BCUT2D eigenvalue weighted by atomic mass is 10.1. The fraction of sp³-hybridized carbons (Fsp3) is 0.591. The fourth-order valence-corrected chi connectivity index (χ4v) is 3.74. The van der Waals surface area contributed by atoms with E-state index in [1.54, 1.807) is 13.8 Å². The summed E-state index contributed by atoms with van der Waals surface area (Å²) in [7, 11) is 1.23. The van der Waals surface area contributed by atoms with Crippen LogP contribution in [0.25, 0.3) is 0 Å². The van der Waals surface area contributed by atoms with E-state index in [0.29, 0.717) is 19.0 Å². The summed E-state index contributed by atoms with van der Waals surface area (Å²) in [5.74, 6) is -6.18. The molecule has 9 heteroatoms. The first-order chi connectivity index (χ1) is 14.6. The molecule has 1 fully saturated rings. The van der Waals surface area contributed by atoms with Crippen LogP contribution in [0.1, 0.15) is 51.2 Å². The fourth-order valence-electron chi connectivity index (χ4n) is 3.74. The summed E-state index contributed by atoms with van der Waals surface area (Å²) in [5, 5.41) is 2.77. The van der Waals surface area contributed by atoms with Gasteiger partial charge in [0.25, 0.3) is 6.08 Å². The molecule has 1 saturated carbocycles. The lowest BCUT2D eigenvalue weighted by molar-refractivity contribution is -0.147. The van der Waals surface area contributed by atoms with Crippen LogP contribution in [0.3, 0.4) is 0 Å². The van der Waals surface area contributed by atoms with Crippen LogP contribution in [-0.4, -0.2) is 19.6 Å². The van der Waals surface area contributed by atoms with Gasteiger partial charge in [-0.05, 0) is 17.9 Å². The molecular weight excluding hydrogens is 421 g/mol. The number of ether oxygens (including phenoxy) is 2. The lowest BCUT2D eigenvalue weighted by Crippen LogP contribution is -2.17. The molecule has 0 radical (unpaired) electrons. The van der Waals surface area contributed by atoms with Crippen LogP contribution in [0.4, 0.5) is 27.6 Å². The number of hydrogen-bond acceptors (Lipinski definition) is 4. The maximum absolute atomic E-state index is 14.9. The number of halogens is 5. The van der Waals surface area contributed by atoms with Crippen LogP contribution in [-0.2, 0) is 27.5 Å². The molecule has 0 aromatic heterocycles. The number of nitrogens with one attached hydrogen (secondary N) is 1. The molecule has 174 valence electrons. The van der Waals surface area contributed by atoms with E-state index in [1.165, 1.54) is 7.11 Å². The van der Waals surface area contributed by atoms with E-state index in [1.807, 2.05) is 6.92 Å². The van der Waals surface area contributed by atoms with Crippen molar-refractivity contribution in [2.75, 3.05) is 19.0 Å². The predicted molar refractivity (Wildman–Crippen MR) is 106 cm³/mol. The molecule has 1 aliphatic rings. The Morgan fingerprint density at radius 2 is 1.71 bits per heavy atom. The number of anilines is 1. The van der Waals surface area contributed by atoms with Gasteiger partial charge in [-0.1, -0.05) is 33.6 Å². The van der Waals surface area contributed by atoms with Gasteiger partial charge in [0.15, 0.2) is 17.5 Å². The normalized spacial score (nSPS) is 19.1. The van der Waals surface area contributed by atoms with Gasteiger partial charge in [0, 0.05) is 19.6 Å². The molecule has 4 nitrogen and oxygen atoms in total. The van der Waals surface area contributed by atoms with Crippen LogP contribution in [0, 0.1) is 34.7 Å². The zero-order valence-electron chi connectivity index (χ0n) is 18.1. The summed E-state index contributed by atoms with van der Waals surface area (Å²) in [6, 6.07) is 0. The van der Waals surface area contributed by atoms with Crippen molar-refractivity contribution in [1.82, 2.24) is 0 Å². The minimum atomic E-state index is -1.91. The first-order valence-electron chi connectivity index (χ1n) is 10.2. The molecule has 0 saturated heterocycles. The van der Waals surface area contributed by atoms with E-state index >= 15 is 0 Å². The van der Waals surface area contributed by atoms with Gasteiger partial charge in [-0.15, -0.1) is 0 Å². The average Bonchev–Trinajstić information content (AvgIpc) is 3.24. The Balaban J connectivity index is 2.26. The van der Waals surface area contributed by atoms with Crippen molar-refractivity contribution in [3.8, 4) is 0 Å². The van der Waals surface area contributed by atoms with E-state index in [-0.39, 0.29) is 5.69 Å². The van der Waals surface area contributed by atoms with E-state index < -0.39 is 71.1 Å². The Morgan fingerprint density at radius 3 is 2.29 bits per heavy atom. The zero-order chi connectivity index (χ0) is 23.3. The quantitative estimate of drug-likeness (QED) is 0.196. The smallest absolute Gasteiger partial charge is 0.310 e. The van der Waals surface area contributed by atoms with Crippen molar-refractivity contribution in [2.24, 2.45) is 17.3 Å². The number of carbonyl (C=O) groups is 1. The van der Waals surface area contributed by atoms with Crippen molar-refractivity contribution in [2.45, 2.75) is 53.2 Å². The molecule has 2 rings (SSSR count). The first-order valence-corrected chi connectivity index (χ1v) is 10.2. The predicted octanol–water partition coefficient (Wildman–Crippen LogP) is 5.95. The number of carbonyl (C=O) groups excluding carboxylic acids is 1. The highest BCUT2D eigenvalue weighted by Crippen LogP contribution is 2.60. The highest BCUT2D eigenvalue weighted by atomic mass is 19.3. The topological polar surface area (TPSA) is 47.6 Å². The molecule has 1 aromatic rings. The van der Waals surface area contributed by atoms with Gasteiger partial charge >= 0.3 is 5.97 Å². The molecule has 0 spiro atoms. The zero-order valence-corrected chi connectivity index (χ0v) is 18.1. The molecule has 0 amide bonds. The van der Waals surface area contributed by atoms with Gasteiger partial charge in [-0.2, -0.15) is 8.78 Å². The van der Waals surface area contributed by atoms with E-state index in [2.05, 4.69) is 5.32 Å². The third kappa shape index (κ3) is 5.56. The largest absolute Gasteiger partial charge is 0.460 e. The number of rotatable bonds is 11.